The fraction of sp³-hybridized carbons (Fsp3) is 0.217. The Kier molecular flexibility index (Phi) is 5.52. The van der Waals surface area contributed by atoms with Crippen LogP contribution in [-0.4, -0.2) is 17.9 Å². The van der Waals surface area contributed by atoms with Crippen LogP contribution in [0.5, 0.6) is 0 Å². The maximum absolute atomic E-state index is 11.9. The van der Waals surface area contributed by atoms with E-state index < -0.39 is 11.1 Å². The molecule has 134 valence electrons. The van der Waals surface area contributed by atoms with Crippen molar-refractivity contribution >= 4 is 0 Å². The van der Waals surface area contributed by atoms with Gasteiger partial charge in [0, 0.05) is 0 Å². The lowest BCUT2D eigenvalue weighted by molar-refractivity contribution is -0.143. The van der Waals surface area contributed by atoms with Crippen LogP contribution in [0.2, 0.25) is 0 Å². The number of aliphatic hydroxyl groups is 1. The summed E-state index contributed by atoms with van der Waals surface area (Å²) >= 11 is 0. The van der Waals surface area contributed by atoms with E-state index in [1.54, 1.807) is 0 Å². The van der Waals surface area contributed by atoms with E-state index in [0.29, 0.717) is 6.42 Å². The zero-order chi connectivity index (χ0) is 18.5. The zero-order valence-electron chi connectivity index (χ0n) is 15.2. The van der Waals surface area contributed by atoms with Crippen LogP contribution in [0.15, 0.2) is 91.0 Å². The molecule has 0 aliphatic carbocycles. The van der Waals surface area contributed by atoms with Gasteiger partial charge >= 0.3 is 0 Å². The average Bonchev–Trinajstić information content (AvgIpc) is 2.71. The summed E-state index contributed by atoms with van der Waals surface area (Å²) in [5.74, 6) is 0. The Morgan fingerprint density at radius 1 is 0.731 bits per heavy atom. The van der Waals surface area contributed by atoms with Gasteiger partial charge in [0.25, 0.3) is 0 Å². The molecule has 0 saturated carbocycles. The van der Waals surface area contributed by atoms with E-state index in [1.165, 1.54) is 7.11 Å². The second-order valence-electron chi connectivity index (χ2n) is 6.37. The Bertz CT molecular complexity index is 709. The van der Waals surface area contributed by atoms with Gasteiger partial charge in [0.2, 0.25) is 0 Å². The molecule has 3 aromatic rings. The number of rotatable bonds is 7. The van der Waals surface area contributed by atoms with Gasteiger partial charge < -0.3 is 9.94 Å². The predicted octanol–water partition coefficient (Wildman–Crippen LogP) is 4.27. The molecule has 0 aliphatic heterocycles. The Labute approximate surface area is 155 Å². The first-order chi connectivity index (χ1) is 12.7. The highest BCUT2D eigenvalue weighted by molar-refractivity contribution is 5.53. The van der Waals surface area contributed by atoms with Crippen LogP contribution in [0.1, 0.15) is 30.0 Å². The van der Waals surface area contributed by atoms with Crippen molar-refractivity contribution in [2.75, 3.05) is 7.11 Å². The number of hydrogen-bond acceptors (Lipinski definition) is 3. The van der Waals surface area contributed by atoms with Crippen molar-refractivity contribution in [1.82, 2.24) is 5.48 Å². The Morgan fingerprint density at radius 2 is 1.08 bits per heavy atom. The van der Waals surface area contributed by atoms with E-state index in [9.17, 15) is 5.11 Å². The normalized spacial score (nSPS) is 14.0. The predicted molar refractivity (Wildman–Crippen MR) is 105 cm³/mol. The first-order valence-electron chi connectivity index (χ1n) is 8.88. The second-order valence-corrected chi connectivity index (χ2v) is 6.37. The molecule has 0 saturated heterocycles. The molecule has 0 spiro atoms. The van der Waals surface area contributed by atoms with Gasteiger partial charge in [-0.1, -0.05) is 97.9 Å². The van der Waals surface area contributed by atoms with Crippen molar-refractivity contribution in [1.29, 1.82) is 0 Å². The van der Waals surface area contributed by atoms with Crippen molar-refractivity contribution in [3.63, 3.8) is 0 Å². The monoisotopic (exact) mass is 347 g/mol. The van der Waals surface area contributed by atoms with Gasteiger partial charge in [0.15, 0.2) is 5.72 Å². The second kappa shape index (κ2) is 7.83. The topological polar surface area (TPSA) is 41.5 Å². The summed E-state index contributed by atoms with van der Waals surface area (Å²) in [5, 5.41) is 11.9. The summed E-state index contributed by atoms with van der Waals surface area (Å²) in [4.78, 5) is 5.27. The smallest absolute Gasteiger partial charge is 0.155 e. The largest absolute Gasteiger partial charge is 0.372 e. The van der Waals surface area contributed by atoms with Crippen molar-refractivity contribution < 1.29 is 9.94 Å². The summed E-state index contributed by atoms with van der Waals surface area (Å²) in [6, 6.07) is 30.3. The van der Waals surface area contributed by atoms with Gasteiger partial charge in [0.1, 0.15) is 0 Å². The third-order valence-corrected chi connectivity index (χ3v) is 5.02. The quantitative estimate of drug-likeness (QED) is 0.381. The lowest BCUT2D eigenvalue weighted by Crippen LogP contribution is -2.61. The molecule has 0 aromatic heterocycles. The summed E-state index contributed by atoms with van der Waals surface area (Å²) in [7, 11) is 1.53. The molecule has 0 bridgehead atoms. The molecule has 3 rings (SSSR count). The first kappa shape index (κ1) is 18.3. The minimum absolute atomic E-state index is 0.444. The minimum atomic E-state index is -1.36. The maximum atomic E-state index is 11.9. The van der Waals surface area contributed by atoms with Crippen LogP contribution >= 0.6 is 0 Å². The van der Waals surface area contributed by atoms with E-state index in [-0.39, 0.29) is 0 Å². The van der Waals surface area contributed by atoms with Crippen LogP contribution in [0.4, 0.5) is 0 Å². The molecule has 3 aromatic carbocycles. The molecule has 0 fully saturated rings. The van der Waals surface area contributed by atoms with Crippen molar-refractivity contribution in [2.24, 2.45) is 0 Å². The van der Waals surface area contributed by atoms with Gasteiger partial charge in [-0.3, -0.25) is 0 Å². The third kappa shape index (κ3) is 2.95. The SMILES string of the molecule is CCC(O)(NOC)C(c1ccccc1)(c1ccccc1)c1ccccc1. The fourth-order valence-electron chi connectivity index (χ4n) is 3.86. The summed E-state index contributed by atoms with van der Waals surface area (Å²) in [6.07, 6.45) is 0.444. The highest BCUT2D eigenvalue weighted by Gasteiger charge is 2.53. The molecular formula is C23H25NO2. The number of hydrogen-bond donors (Lipinski definition) is 2. The zero-order valence-corrected chi connectivity index (χ0v) is 15.2. The van der Waals surface area contributed by atoms with E-state index in [1.807, 2.05) is 61.5 Å². The molecular weight excluding hydrogens is 322 g/mol. The van der Waals surface area contributed by atoms with Gasteiger partial charge in [-0.25, -0.2) is 0 Å². The summed E-state index contributed by atoms with van der Waals surface area (Å²) in [6.45, 7) is 1.95. The van der Waals surface area contributed by atoms with Gasteiger partial charge in [0.05, 0.1) is 12.5 Å². The van der Waals surface area contributed by atoms with Crippen molar-refractivity contribution in [3.8, 4) is 0 Å². The number of nitrogens with one attached hydrogen (secondary N) is 1. The molecule has 1 unspecified atom stereocenters. The van der Waals surface area contributed by atoms with E-state index in [2.05, 4.69) is 41.9 Å². The van der Waals surface area contributed by atoms with Crippen LogP contribution in [-0.2, 0) is 10.3 Å². The van der Waals surface area contributed by atoms with Gasteiger partial charge in [-0.05, 0) is 23.1 Å². The molecule has 3 heteroatoms. The summed E-state index contributed by atoms with van der Waals surface area (Å²) in [5.41, 5.74) is 3.68. The fourth-order valence-corrected chi connectivity index (χ4v) is 3.86. The molecule has 0 aliphatic rings. The highest BCUT2D eigenvalue weighted by Crippen LogP contribution is 2.47. The molecule has 0 heterocycles. The lowest BCUT2D eigenvalue weighted by atomic mass is 9.62. The highest BCUT2D eigenvalue weighted by atomic mass is 16.7. The van der Waals surface area contributed by atoms with Crippen LogP contribution in [0, 0.1) is 0 Å². The molecule has 0 amide bonds. The van der Waals surface area contributed by atoms with Crippen molar-refractivity contribution in [3.05, 3.63) is 108 Å². The number of hydroxylamine groups is 1. The molecule has 2 N–H and O–H groups in total. The van der Waals surface area contributed by atoms with E-state index in [4.69, 9.17) is 4.84 Å². The van der Waals surface area contributed by atoms with Gasteiger partial charge in [-0.15, -0.1) is 0 Å². The molecule has 3 nitrogen and oxygen atoms in total. The minimum Gasteiger partial charge on any atom is -0.372 e. The van der Waals surface area contributed by atoms with Crippen molar-refractivity contribution in [2.45, 2.75) is 24.5 Å². The average molecular weight is 347 g/mol. The van der Waals surface area contributed by atoms with E-state index in [0.717, 1.165) is 16.7 Å². The Hall–Kier alpha value is -2.46. The van der Waals surface area contributed by atoms with E-state index >= 15 is 0 Å². The standard InChI is InChI=1S/C23H25NO2/c1-3-22(25,24-26-2)23(19-13-7-4-8-14-19,20-15-9-5-10-16-20)21-17-11-6-12-18-21/h4-18,24-25H,3H2,1-2H3. The lowest BCUT2D eigenvalue weighted by Gasteiger charge is -2.48. The Balaban J connectivity index is 2.43. The Morgan fingerprint density at radius 3 is 1.35 bits per heavy atom. The third-order valence-electron chi connectivity index (χ3n) is 5.02. The molecule has 0 radical (unpaired) electrons. The first-order valence-corrected chi connectivity index (χ1v) is 8.88. The number of benzene rings is 3. The van der Waals surface area contributed by atoms with Crippen LogP contribution in [0.25, 0.3) is 0 Å². The van der Waals surface area contributed by atoms with Gasteiger partial charge in [-0.2, -0.15) is 5.48 Å². The van der Waals surface area contributed by atoms with Crippen LogP contribution in [0.3, 0.4) is 0 Å². The molecule has 1 atom stereocenters. The maximum Gasteiger partial charge on any atom is 0.155 e. The summed E-state index contributed by atoms with van der Waals surface area (Å²) < 4.78 is 0. The molecule has 26 heavy (non-hydrogen) atoms. The van der Waals surface area contributed by atoms with Crippen LogP contribution < -0.4 is 5.48 Å².